The number of fused-ring (bicyclic) bond motifs is 1. The van der Waals surface area contributed by atoms with E-state index in [0.717, 1.165) is 22.0 Å². The molecule has 1 fully saturated rings. The summed E-state index contributed by atoms with van der Waals surface area (Å²) in [5.41, 5.74) is 2.25. The molecule has 2 N–H and O–H groups in total. The van der Waals surface area contributed by atoms with Gasteiger partial charge in [-0.1, -0.05) is 6.07 Å². The van der Waals surface area contributed by atoms with E-state index in [1.807, 2.05) is 18.2 Å². The Labute approximate surface area is 237 Å². The van der Waals surface area contributed by atoms with Crippen LogP contribution in [0.4, 0.5) is 15.8 Å². The number of rotatable bonds is 8. The quantitative estimate of drug-likeness (QED) is 0.238. The second kappa shape index (κ2) is 10.6. The summed E-state index contributed by atoms with van der Waals surface area (Å²) >= 11 is 0. The third kappa shape index (κ3) is 5.44. The smallest absolute Gasteiger partial charge is 0.240 e. The van der Waals surface area contributed by atoms with Gasteiger partial charge in [0.2, 0.25) is 11.8 Å². The number of nitrogens with one attached hydrogen (secondary N) is 2. The Morgan fingerprint density at radius 3 is 2.20 bits per heavy atom. The van der Waals surface area contributed by atoms with Crippen LogP contribution in [0.15, 0.2) is 91.4 Å². The molecule has 0 radical (unpaired) electrons. The molecule has 3 aromatic carbocycles. The highest BCUT2D eigenvalue weighted by Crippen LogP contribution is 2.47. The van der Waals surface area contributed by atoms with Crippen LogP contribution in [0.25, 0.3) is 22.0 Å². The number of anilines is 2. The van der Waals surface area contributed by atoms with Crippen molar-refractivity contribution in [3.05, 3.63) is 97.2 Å². The van der Waals surface area contributed by atoms with Gasteiger partial charge in [-0.25, -0.2) is 8.60 Å². The number of hydrogen-bond donors (Lipinski definition) is 2. The zero-order chi connectivity index (χ0) is 28.6. The lowest BCUT2D eigenvalue weighted by molar-refractivity contribution is -0.131. The summed E-state index contributed by atoms with van der Waals surface area (Å²) in [7, 11) is -1.23. The molecule has 1 aliphatic carbocycles. The number of nitrogens with zero attached hydrogens (tertiary/aromatic N) is 3. The van der Waals surface area contributed by atoms with E-state index in [1.54, 1.807) is 55.2 Å². The molecule has 1 aliphatic rings. The molecule has 0 bridgehead atoms. The standard InChI is InChI=1S/C30H24FN5O4S/c1-41(39)36-18-20(17-33-36)19-2-11-25-26(16-19)32-15-12-27(25)40-24-9-7-23(8-10-24)35-29(38)30(13-14-30)28(37)34-22-5-3-21(31)4-6-22/h2-12,15-18H,13-14H2,1H3,(H,34,37)(H,35,38). The average Bonchev–Trinajstić information content (AvgIpc) is 3.64. The normalized spacial score (nSPS) is 14.3. The number of carbonyl (C=O) groups excluding carboxylic acids is 2. The fraction of sp³-hybridized carbons (Fsp3) is 0.133. The van der Waals surface area contributed by atoms with Crippen molar-refractivity contribution < 1.29 is 22.9 Å². The van der Waals surface area contributed by atoms with Crippen LogP contribution < -0.4 is 15.4 Å². The first-order valence-electron chi connectivity index (χ1n) is 12.7. The van der Waals surface area contributed by atoms with Gasteiger partial charge in [-0.05, 0) is 85.1 Å². The van der Waals surface area contributed by atoms with Crippen molar-refractivity contribution in [2.45, 2.75) is 12.8 Å². The lowest BCUT2D eigenvalue weighted by Gasteiger charge is -2.16. The van der Waals surface area contributed by atoms with Crippen molar-refractivity contribution in [3.63, 3.8) is 0 Å². The minimum absolute atomic E-state index is 0.391. The molecule has 2 amide bonds. The molecule has 9 nitrogen and oxygen atoms in total. The van der Waals surface area contributed by atoms with Gasteiger partial charge < -0.3 is 15.4 Å². The second-order valence-corrected chi connectivity index (χ2v) is 10.9. The Morgan fingerprint density at radius 2 is 1.59 bits per heavy atom. The first kappa shape index (κ1) is 26.3. The predicted molar refractivity (Wildman–Crippen MR) is 154 cm³/mol. The van der Waals surface area contributed by atoms with Gasteiger partial charge in [0.25, 0.3) is 0 Å². The minimum atomic E-state index is -1.23. The first-order chi connectivity index (χ1) is 19.8. The molecular weight excluding hydrogens is 545 g/mol. The zero-order valence-electron chi connectivity index (χ0n) is 21.8. The molecule has 206 valence electrons. The largest absolute Gasteiger partial charge is 0.457 e. The Balaban J connectivity index is 1.13. The number of ether oxygens (including phenoxy) is 1. The van der Waals surface area contributed by atoms with Crippen LogP contribution >= 0.6 is 0 Å². The maximum atomic E-state index is 13.2. The number of amides is 2. The van der Waals surface area contributed by atoms with E-state index in [1.165, 1.54) is 28.4 Å². The van der Waals surface area contributed by atoms with E-state index >= 15 is 0 Å². The van der Waals surface area contributed by atoms with Crippen molar-refractivity contribution in [2.24, 2.45) is 5.41 Å². The van der Waals surface area contributed by atoms with Crippen molar-refractivity contribution in [2.75, 3.05) is 16.9 Å². The van der Waals surface area contributed by atoms with E-state index in [0.29, 0.717) is 35.7 Å². The van der Waals surface area contributed by atoms with Crippen molar-refractivity contribution in [1.82, 2.24) is 14.2 Å². The number of halogens is 1. The molecule has 2 aromatic heterocycles. The van der Waals surface area contributed by atoms with Crippen LogP contribution in [0.5, 0.6) is 11.5 Å². The monoisotopic (exact) mass is 569 g/mol. The topological polar surface area (TPSA) is 115 Å². The van der Waals surface area contributed by atoms with Crippen LogP contribution in [0.3, 0.4) is 0 Å². The Bertz CT molecular complexity index is 1800. The minimum Gasteiger partial charge on any atom is -0.457 e. The number of pyridine rings is 1. The fourth-order valence-corrected chi connectivity index (χ4v) is 4.88. The van der Waals surface area contributed by atoms with Gasteiger partial charge in [0.05, 0.1) is 11.7 Å². The molecule has 1 saturated carbocycles. The van der Waals surface area contributed by atoms with Crippen molar-refractivity contribution >= 4 is 45.1 Å². The predicted octanol–water partition coefficient (Wildman–Crippen LogP) is 5.53. The number of aromatic nitrogens is 3. The number of benzene rings is 3. The first-order valence-corrected chi connectivity index (χ1v) is 14.3. The maximum absolute atomic E-state index is 13.2. The Morgan fingerprint density at radius 1 is 0.927 bits per heavy atom. The molecule has 41 heavy (non-hydrogen) atoms. The van der Waals surface area contributed by atoms with Crippen LogP contribution in [0.2, 0.25) is 0 Å². The number of hydrogen-bond acceptors (Lipinski definition) is 6. The van der Waals surface area contributed by atoms with Crippen LogP contribution in [-0.2, 0) is 20.6 Å². The third-order valence-electron chi connectivity index (χ3n) is 6.92. The second-order valence-electron chi connectivity index (χ2n) is 9.72. The molecule has 11 heteroatoms. The SMILES string of the molecule is CS(=O)n1cc(-c2ccc3c(Oc4ccc(NC(=O)C5(C(=O)Nc6ccc(F)cc6)CC5)cc4)ccnc3c2)cn1. The Kier molecular flexibility index (Phi) is 6.80. The van der Waals surface area contributed by atoms with Crippen molar-refractivity contribution in [3.8, 4) is 22.6 Å². The maximum Gasteiger partial charge on any atom is 0.240 e. The zero-order valence-corrected chi connectivity index (χ0v) is 22.7. The third-order valence-corrected chi connectivity index (χ3v) is 7.65. The fourth-order valence-electron chi connectivity index (χ4n) is 4.44. The molecule has 2 heterocycles. The van der Waals surface area contributed by atoms with Gasteiger partial charge in [-0.2, -0.15) is 9.19 Å². The highest BCUT2D eigenvalue weighted by Gasteiger charge is 2.56. The molecular formula is C30H24FN5O4S. The van der Waals surface area contributed by atoms with Gasteiger partial charge in [-0.15, -0.1) is 0 Å². The van der Waals surface area contributed by atoms with E-state index in [4.69, 9.17) is 4.74 Å². The summed E-state index contributed by atoms with van der Waals surface area (Å²) in [6.45, 7) is 0. The summed E-state index contributed by atoms with van der Waals surface area (Å²) in [6.07, 6.45) is 7.47. The van der Waals surface area contributed by atoms with Gasteiger partial charge in [-0.3, -0.25) is 14.6 Å². The highest BCUT2D eigenvalue weighted by molar-refractivity contribution is 7.82. The lowest BCUT2D eigenvalue weighted by Crippen LogP contribution is -2.35. The van der Waals surface area contributed by atoms with E-state index in [9.17, 15) is 18.2 Å². The average molecular weight is 570 g/mol. The van der Waals surface area contributed by atoms with E-state index in [2.05, 4.69) is 20.7 Å². The van der Waals surface area contributed by atoms with Crippen LogP contribution in [0.1, 0.15) is 12.8 Å². The summed E-state index contributed by atoms with van der Waals surface area (Å²) in [6, 6.07) is 19.8. The van der Waals surface area contributed by atoms with Crippen LogP contribution in [-0.4, -0.2) is 36.4 Å². The van der Waals surface area contributed by atoms with Gasteiger partial charge >= 0.3 is 0 Å². The van der Waals surface area contributed by atoms with Gasteiger partial charge in [0, 0.05) is 41.0 Å². The summed E-state index contributed by atoms with van der Waals surface area (Å²) in [5.74, 6) is -0.0437. The molecule has 1 atom stereocenters. The van der Waals surface area contributed by atoms with Crippen LogP contribution in [0, 0.1) is 11.2 Å². The van der Waals surface area contributed by atoms with E-state index < -0.39 is 34.0 Å². The molecule has 0 aliphatic heterocycles. The molecule has 1 unspecified atom stereocenters. The summed E-state index contributed by atoms with van der Waals surface area (Å²) in [4.78, 5) is 30.2. The summed E-state index contributed by atoms with van der Waals surface area (Å²) in [5, 5.41) is 10.5. The number of carbonyl (C=O) groups is 2. The van der Waals surface area contributed by atoms with Gasteiger partial charge in [0.1, 0.15) is 33.7 Å². The molecule has 0 saturated heterocycles. The Hall–Kier alpha value is -4.90. The molecule has 0 spiro atoms. The van der Waals surface area contributed by atoms with E-state index in [-0.39, 0.29) is 0 Å². The molecule has 5 aromatic rings. The summed E-state index contributed by atoms with van der Waals surface area (Å²) < 4.78 is 32.3. The lowest BCUT2D eigenvalue weighted by atomic mass is 10.0. The van der Waals surface area contributed by atoms with Crippen molar-refractivity contribution in [1.29, 1.82) is 0 Å². The highest BCUT2D eigenvalue weighted by atomic mass is 32.2. The van der Waals surface area contributed by atoms with Gasteiger partial charge in [0.15, 0.2) is 0 Å². The molecule has 6 rings (SSSR count).